The monoisotopic (exact) mass is 358 g/mol. The van der Waals surface area contributed by atoms with E-state index in [1.807, 2.05) is 0 Å². The second kappa shape index (κ2) is 6.89. The molecule has 26 heavy (non-hydrogen) atoms. The maximum absolute atomic E-state index is 12.4. The third kappa shape index (κ3) is 3.83. The van der Waals surface area contributed by atoms with Gasteiger partial charge in [-0.15, -0.1) is 0 Å². The van der Waals surface area contributed by atoms with Gasteiger partial charge in [0.05, 0.1) is 11.2 Å². The van der Waals surface area contributed by atoms with E-state index in [9.17, 15) is 19.2 Å². The standard InChI is InChI=1S/C17H18N4O5/c1-9(22)21(16(26)17(2,3)18)11-6-4-10(5-7-11)13-19-8-12(15(24)25)14(23)20-13/h4-8H,18H2,1-3H3,(H,24,25)(H,19,20,23). The number of carbonyl (C=O) groups is 3. The number of benzene rings is 1. The van der Waals surface area contributed by atoms with Crippen LogP contribution in [0, 0.1) is 0 Å². The van der Waals surface area contributed by atoms with Gasteiger partial charge in [-0.05, 0) is 38.1 Å². The summed E-state index contributed by atoms with van der Waals surface area (Å²) in [5.41, 5.74) is 4.10. The topological polar surface area (TPSA) is 146 Å². The summed E-state index contributed by atoms with van der Waals surface area (Å²) in [5.74, 6) is -2.26. The smallest absolute Gasteiger partial charge is 0.342 e. The Bertz CT molecular complexity index is 925. The predicted octanol–water partition coefficient (Wildman–Crippen LogP) is 0.752. The van der Waals surface area contributed by atoms with Gasteiger partial charge >= 0.3 is 5.97 Å². The number of H-pyrrole nitrogens is 1. The molecule has 9 heteroatoms. The van der Waals surface area contributed by atoms with Crippen LogP contribution in [-0.2, 0) is 9.59 Å². The van der Waals surface area contributed by atoms with Crippen LogP contribution in [0.25, 0.3) is 11.4 Å². The van der Waals surface area contributed by atoms with Crippen LogP contribution in [0.15, 0.2) is 35.3 Å². The molecule has 2 rings (SSSR count). The number of nitrogens with one attached hydrogen (secondary N) is 1. The van der Waals surface area contributed by atoms with E-state index in [4.69, 9.17) is 10.8 Å². The van der Waals surface area contributed by atoms with Crippen LogP contribution < -0.4 is 16.2 Å². The number of aromatic amines is 1. The van der Waals surface area contributed by atoms with Gasteiger partial charge < -0.3 is 15.8 Å². The van der Waals surface area contributed by atoms with Crippen molar-refractivity contribution in [3.63, 3.8) is 0 Å². The number of nitrogens with two attached hydrogens (primary N) is 1. The summed E-state index contributed by atoms with van der Waals surface area (Å²) in [6.45, 7) is 4.25. The maximum atomic E-state index is 12.4. The molecule has 0 saturated carbocycles. The van der Waals surface area contributed by atoms with Gasteiger partial charge in [-0.2, -0.15) is 0 Å². The van der Waals surface area contributed by atoms with E-state index in [0.717, 1.165) is 11.1 Å². The van der Waals surface area contributed by atoms with Crippen molar-refractivity contribution >= 4 is 23.5 Å². The van der Waals surface area contributed by atoms with Crippen molar-refractivity contribution < 1.29 is 19.5 Å². The lowest BCUT2D eigenvalue weighted by Gasteiger charge is -2.27. The molecule has 1 heterocycles. The highest BCUT2D eigenvalue weighted by Crippen LogP contribution is 2.22. The molecule has 1 aromatic heterocycles. The first-order chi connectivity index (χ1) is 12.0. The van der Waals surface area contributed by atoms with Crippen LogP contribution in [0.1, 0.15) is 31.1 Å². The highest BCUT2D eigenvalue weighted by molar-refractivity contribution is 6.17. The number of aromatic nitrogens is 2. The number of rotatable bonds is 4. The van der Waals surface area contributed by atoms with Gasteiger partial charge in [0, 0.05) is 18.7 Å². The van der Waals surface area contributed by atoms with Crippen molar-refractivity contribution in [2.45, 2.75) is 26.3 Å². The maximum Gasteiger partial charge on any atom is 0.342 e. The van der Waals surface area contributed by atoms with E-state index in [2.05, 4.69) is 9.97 Å². The normalized spacial score (nSPS) is 11.1. The lowest BCUT2D eigenvalue weighted by Crippen LogP contribution is -2.53. The Morgan fingerprint density at radius 2 is 1.77 bits per heavy atom. The average Bonchev–Trinajstić information content (AvgIpc) is 2.54. The van der Waals surface area contributed by atoms with E-state index in [1.165, 1.54) is 32.9 Å². The van der Waals surface area contributed by atoms with Crippen LogP contribution in [0.4, 0.5) is 5.69 Å². The first-order valence-electron chi connectivity index (χ1n) is 7.59. The number of amides is 2. The molecular formula is C17H18N4O5. The minimum absolute atomic E-state index is 0.159. The molecule has 9 nitrogen and oxygen atoms in total. The molecule has 4 N–H and O–H groups in total. The lowest BCUT2D eigenvalue weighted by atomic mass is 10.0. The van der Waals surface area contributed by atoms with Crippen molar-refractivity contribution in [3.05, 3.63) is 46.4 Å². The fourth-order valence-corrected chi connectivity index (χ4v) is 2.19. The minimum atomic E-state index is -1.37. The zero-order valence-electron chi connectivity index (χ0n) is 14.4. The van der Waals surface area contributed by atoms with E-state index in [0.29, 0.717) is 11.3 Å². The Kier molecular flexibility index (Phi) is 5.03. The zero-order valence-corrected chi connectivity index (χ0v) is 14.4. The fraction of sp³-hybridized carbons (Fsp3) is 0.235. The van der Waals surface area contributed by atoms with Gasteiger partial charge in [0.1, 0.15) is 11.4 Å². The number of nitrogens with zero attached hydrogens (tertiary/aromatic N) is 2. The molecule has 0 aliphatic rings. The molecule has 0 bridgehead atoms. The highest BCUT2D eigenvalue weighted by atomic mass is 16.4. The van der Waals surface area contributed by atoms with Crippen molar-refractivity contribution in [1.29, 1.82) is 0 Å². The number of hydrogen-bond donors (Lipinski definition) is 3. The lowest BCUT2D eigenvalue weighted by molar-refractivity contribution is -0.128. The van der Waals surface area contributed by atoms with Crippen LogP contribution in [-0.4, -0.2) is 38.4 Å². The fourth-order valence-electron chi connectivity index (χ4n) is 2.19. The first-order valence-corrected chi connectivity index (χ1v) is 7.59. The number of aromatic carboxylic acids is 1. The third-order valence-corrected chi connectivity index (χ3v) is 3.50. The summed E-state index contributed by atoms with van der Waals surface area (Å²) in [7, 11) is 0. The van der Waals surface area contributed by atoms with Gasteiger partial charge in [0.15, 0.2) is 0 Å². The highest BCUT2D eigenvalue weighted by Gasteiger charge is 2.31. The van der Waals surface area contributed by atoms with E-state index < -0.39 is 34.4 Å². The molecule has 0 aliphatic carbocycles. The van der Waals surface area contributed by atoms with Crippen molar-refractivity contribution in [3.8, 4) is 11.4 Å². The molecule has 2 aromatic rings. The molecule has 0 spiro atoms. The van der Waals surface area contributed by atoms with Crippen LogP contribution >= 0.6 is 0 Å². The summed E-state index contributed by atoms with van der Waals surface area (Å²) in [6.07, 6.45) is 0.965. The van der Waals surface area contributed by atoms with Crippen molar-refractivity contribution in [1.82, 2.24) is 9.97 Å². The van der Waals surface area contributed by atoms with E-state index in [-0.39, 0.29) is 5.82 Å². The van der Waals surface area contributed by atoms with Gasteiger partial charge in [0.2, 0.25) is 5.91 Å². The first kappa shape index (κ1) is 19.0. The Balaban J connectivity index is 2.40. The van der Waals surface area contributed by atoms with Crippen molar-refractivity contribution in [2.24, 2.45) is 5.73 Å². The largest absolute Gasteiger partial charge is 0.477 e. The Morgan fingerprint density at radius 3 is 2.19 bits per heavy atom. The quantitative estimate of drug-likeness (QED) is 0.731. The molecule has 1 aromatic carbocycles. The van der Waals surface area contributed by atoms with Crippen LogP contribution in [0.5, 0.6) is 0 Å². The molecule has 0 fully saturated rings. The van der Waals surface area contributed by atoms with E-state index >= 15 is 0 Å². The second-order valence-electron chi connectivity index (χ2n) is 6.21. The average molecular weight is 358 g/mol. The Hall–Kier alpha value is -3.33. The molecule has 136 valence electrons. The third-order valence-electron chi connectivity index (χ3n) is 3.50. The number of carbonyl (C=O) groups excluding carboxylic acids is 2. The summed E-state index contributed by atoms with van der Waals surface area (Å²) >= 11 is 0. The minimum Gasteiger partial charge on any atom is -0.477 e. The SMILES string of the molecule is CC(=O)N(C(=O)C(C)(C)N)c1ccc(-c2ncc(C(=O)O)c(=O)[nH]2)cc1. The zero-order chi connectivity index (χ0) is 19.6. The Morgan fingerprint density at radius 1 is 1.19 bits per heavy atom. The number of imide groups is 1. The Labute approximate surface area is 148 Å². The summed E-state index contributed by atoms with van der Waals surface area (Å²) in [5, 5.41) is 8.85. The molecule has 0 atom stereocenters. The number of hydrogen-bond acceptors (Lipinski definition) is 6. The van der Waals surface area contributed by atoms with Gasteiger partial charge in [-0.1, -0.05) is 0 Å². The predicted molar refractivity (Wildman–Crippen MR) is 93.7 cm³/mol. The van der Waals surface area contributed by atoms with Gasteiger partial charge in [-0.3, -0.25) is 14.4 Å². The molecule has 0 radical (unpaired) electrons. The summed E-state index contributed by atoms with van der Waals surface area (Å²) < 4.78 is 0. The molecule has 0 aliphatic heterocycles. The molecular weight excluding hydrogens is 340 g/mol. The number of anilines is 1. The second-order valence-corrected chi connectivity index (χ2v) is 6.21. The van der Waals surface area contributed by atoms with Gasteiger partial charge in [-0.25, -0.2) is 14.7 Å². The number of carboxylic acids is 1. The molecule has 0 unspecified atom stereocenters. The van der Waals surface area contributed by atoms with Crippen LogP contribution in [0.2, 0.25) is 0 Å². The molecule has 0 saturated heterocycles. The van der Waals surface area contributed by atoms with Crippen LogP contribution in [0.3, 0.4) is 0 Å². The molecule has 2 amide bonds. The van der Waals surface area contributed by atoms with Gasteiger partial charge in [0.25, 0.3) is 11.5 Å². The summed E-state index contributed by atoms with van der Waals surface area (Å²) in [6, 6.07) is 6.10. The van der Waals surface area contributed by atoms with Crippen molar-refractivity contribution in [2.75, 3.05) is 4.90 Å². The van der Waals surface area contributed by atoms with E-state index in [1.54, 1.807) is 12.1 Å². The summed E-state index contributed by atoms with van der Waals surface area (Å²) in [4.78, 5) is 54.1. The number of carboxylic acid groups (broad SMARTS) is 1.